The molecule has 7 nitrogen and oxygen atoms in total. The fraction of sp³-hybridized carbons (Fsp3) is 0.750. The number of anilines is 1. The van der Waals surface area contributed by atoms with Crippen LogP contribution in [0.3, 0.4) is 0 Å². The van der Waals surface area contributed by atoms with E-state index in [1.807, 2.05) is 0 Å². The molecule has 2 rings (SSSR count). The average molecular weight is 301 g/mol. The second-order valence-corrected chi connectivity index (χ2v) is 7.20. The molecule has 2 heterocycles. The molecule has 0 atom stereocenters. The summed E-state index contributed by atoms with van der Waals surface area (Å²) in [5.74, 6) is 0.0605. The maximum atomic E-state index is 12.6. The fourth-order valence-electron chi connectivity index (χ4n) is 2.63. The molecule has 20 heavy (non-hydrogen) atoms. The van der Waals surface area contributed by atoms with Crippen LogP contribution in [0, 0.1) is 0 Å². The molecule has 8 heteroatoms. The van der Waals surface area contributed by atoms with Gasteiger partial charge in [-0.15, -0.1) is 0 Å². The highest BCUT2D eigenvalue weighted by molar-refractivity contribution is 7.89. The van der Waals surface area contributed by atoms with Gasteiger partial charge < -0.3 is 10.6 Å². The van der Waals surface area contributed by atoms with E-state index in [1.165, 1.54) is 15.2 Å². The van der Waals surface area contributed by atoms with Crippen LogP contribution in [0.2, 0.25) is 0 Å². The Bertz CT molecular complexity index is 560. The van der Waals surface area contributed by atoms with Crippen LogP contribution in [0.15, 0.2) is 11.1 Å². The van der Waals surface area contributed by atoms with Crippen LogP contribution < -0.4 is 5.73 Å². The molecule has 0 radical (unpaired) electrons. The van der Waals surface area contributed by atoms with Crippen LogP contribution in [-0.4, -0.2) is 60.1 Å². The van der Waals surface area contributed by atoms with E-state index in [0.29, 0.717) is 0 Å². The summed E-state index contributed by atoms with van der Waals surface area (Å²) in [7, 11) is -0.271. The summed E-state index contributed by atoms with van der Waals surface area (Å²) in [5, 5.41) is 3.91. The van der Waals surface area contributed by atoms with E-state index in [4.69, 9.17) is 5.73 Å². The van der Waals surface area contributed by atoms with Crippen molar-refractivity contribution in [2.24, 2.45) is 7.05 Å². The van der Waals surface area contributed by atoms with Gasteiger partial charge in [0.15, 0.2) is 5.82 Å². The first-order valence-electron chi connectivity index (χ1n) is 6.85. The lowest BCUT2D eigenvalue weighted by atomic mass is 10.1. The van der Waals surface area contributed by atoms with Crippen LogP contribution in [0.25, 0.3) is 0 Å². The van der Waals surface area contributed by atoms with E-state index in [1.54, 1.807) is 14.1 Å². The summed E-state index contributed by atoms with van der Waals surface area (Å²) >= 11 is 0. The highest BCUT2D eigenvalue weighted by atomic mass is 32.2. The SMILES string of the molecule is CCN1CCC(N(C)S(=O)(=O)c2cn(C)nc2N)CC1. The molecule has 0 amide bonds. The molecule has 0 unspecified atom stereocenters. The number of rotatable bonds is 4. The smallest absolute Gasteiger partial charge is 0.248 e. The molecule has 1 aliphatic heterocycles. The minimum Gasteiger partial charge on any atom is -0.381 e. The summed E-state index contributed by atoms with van der Waals surface area (Å²) < 4.78 is 28.1. The Morgan fingerprint density at radius 3 is 2.50 bits per heavy atom. The highest BCUT2D eigenvalue weighted by Gasteiger charge is 2.32. The van der Waals surface area contributed by atoms with Crippen LogP contribution >= 0.6 is 0 Å². The molecule has 2 N–H and O–H groups in total. The summed E-state index contributed by atoms with van der Waals surface area (Å²) in [5.41, 5.74) is 5.69. The first-order valence-corrected chi connectivity index (χ1v) is 8.29. The molecule has 1 aliphatic rings. The maximum Gasteiger partial charge on any atom is 0.248 e. The van der Waals surface area contributed by atoms with Crippen LogP contribution in [-0.2, 0) is 17.1 Å². The fourth-order valence-corrected chi connectivity index (χ4v) is 4.14. The second-order valence-electron chi connectivity index (χ2n) is 5.24. The van der Waals surface area contributed by atoms with Crippen molar-refractivity contribution in [2.75, 3.05) is 32.4 Å². The normalized spacial score (nSPS) is 18.8. The predicted octanol–water partition coefficient (Wildman–Crippen LogP) is 0.107. The van der Waals surface area contributed by atoms with Crippen LogP contribution in [0.1, 0.15) is 19.8 Å². The van der Waals surface area contributed by atoms with Gasteiger partial charge in [-0.25, -0.2) is 8.42 Å². The number of piperidine rings is 1. The molecular weight excluding hydrogens is 278 g/mol. The number of hydrogen-bond acceptors (Lipinski definition) is 5. The first kappa shape index (κ1) is 15.3. The molecule has 1 saturated heterocycles. The zero-order valence-electron chi connectivity index (χ0n) is 12.3. The Balaban J connectivity index is 2.16. The highest BCUT2D eigenvalue weighted by Crippen LogP contribution is 2.25. The third-order valence-electron chi connectivity index (χ3n) is 4.00. The number of aryl methyl sites for hydroxylation is 1. The minimum atomic E-state index is -3.57. The van der Waals surface area contributed by atoms with Crippen LogP contribution in [0.4, 0.5) is 5.82 Å². The molecule has 0 aliphatic carbocycles. The molecule has 0 aromatic carbocycles. The van der Waals surface area contributed by atoms with Crippen molar-refractivity contribution in [3.05, 3.63) is 6.20 Å². The van der Waals surface area contributed by atoms with Crippen molar-refractivity contribution < 1.29 is 8.42 Å². The van der Waals surface area contributed by atoms with E-state index < -0.39 is 10.0 Å². The number of aromatic nitrogens is 2. The summed E-state index contributed by atoms with van der Waals surface area (Å²) in [6.07, 6.45) is 3.16. The van der Waals surface area contributed by atoms with Crippen molar-refractivity contribution in [2.45, 2.75) is 30.7 Å². The molecule has 1 aromatic heterocycles. The van der Waals surface area contributed by atoms with Crippen molar-refractivity contribution in [3.63, 3.8) is 0 Å². The number of sulfonamides is 1. The van der Waals surface area contributed by atoms with Crippen molar-refractivity contribution in [3.8, 4) is 0 Å². The number of nitrogens with zero attached hydrogens (tertiary/aromatic N) is 4. The molecule has 0 bridgehead atoms. The zero-order valence-corrected chi connectivity index (χ0v) is 13.1. The lowest BCUT2D eigenvalue weighted by molar-refractivity contribution is 0.176. The number of nitrogens with two attached hydrogens (primary N) is 1. The average Bonchev–Trinajstić information content (AvgIpc) is 2.77. The maximum absolute atomic E-state index is 12.6. The van der Waals surface area contributed by atoms with Gasteiger partial charge >= 0.3 is 0 Å². The molecule has 1 fully saturated rings. The molecular formula is C12H23N5O2S. The Kier molecular flexibility index (Phi) is 4.36. The van der Waals surface area contributed by atoms with E-state index >= 15 is 0 Å². The molecule has 1 aromatic rings. The van der Waals surface area contributed by atoms with E-state index in [2.05, 4.69) is 16.9 Å². The summed E-state index contributed by atoms with van der Waals surface area (Å²) in [4.78, 5) is 2.43. The van der Waals surface area contributed by atoms with Gasteiger partial charge in [0.05, 0.1) is 0 Å². The Labute approximate surface area is 120 Å². The minimum absolute atomic E-state index is 0.0300. The topological polar surface area (TPSA) is 84.5 Å². The van der Waals surface area contributed by atoms with Crippen molar-refractivity contribution in [1.82, 2.24) is 19.0 Å². The molecule has 0 saturated carbocycles. The summed E-state index contributed by atoms with van der Waals surface area (Å²) in [6, 6.07) is 0.0300. The summed E-state index contributed by atoms with van der Waals surface area (Å²) in [6.45, 7) is 5.00. The lowest BCUT2D eigenvalue weighted by Gasteiger charge is -2.35. The van der Waals surface area contributed by atoms with Gasteiger partial charge in [-0.3, -0.25) is 4.68 Å². The standard InChI is InChI=1S/C12H23N5O2S/c1-4-17-7-5-10(6-8-17)16(3)20(18,19)11-9-15(2)14-12(11)13/h9-10H,4-8H2,1-3H3,(H2,13,14). The van der Waals surface area contributed by atoms with E-state index in [9.17, 15) is 8.42 Å². The molecule has 114 valence electrons. The number of likely N-dealkylation sites (tertiary alicyclic amines) is 1. The Morgan fingerprint density at radius 2 is 2.05 bits per heavy atom. The van der Waals surface area contributed by atoms with Crippen LogP contribution in [0.5, 0.6) is 0 Å². The molecule has 0 spiro atoms. The largest absolute Gasteiger partial charge is 0.381 e. The van der Waals surface area contributed by atoms with Gasteiger partial charge in [-0.05, 0) is 32.5 Å². The van der Waals surface area contributed by atoms with Gasteiger partial charge in [0.1, 0.15) is 4.90 Å². The monoisotopic (exact) mass is 301 g/mol. The van der Waals surface area contributed by atoms with Crippen molar-refractivity contribution >= 4 is 15.8 Å². The lowest BCUT2D eigenvalue weighted by Crippen LogP contribution is -2.45. The third-order valence-corrected chi connectivity index (χ3v) is 5.92. The second kappa shape index (κ2) is 5.71. The van der Waals surface area contributed by atoms with Crippen molar-refractivity contribution in [1.29, 1.82) is 0 Å². The van der Waals surface area contributed by atoms with Gasteiger partial charge in [-0.2, -0.15) is 9.40 Å². The zero-order chi connectivity index (χ0) is 14.9. The predicted molar refractivity (Wildman–Crippen MR) is 77.7 cm³/mol. The third kappa shape index (κ3) is 2.82. The van der Waals surface area contributed by atoms with Gasteiger partial charge in [-0.1, -0.05) is 6.92 Å². The quantitative estimate of drug-likeness (QED) is 0.853. The Hall–Kier alpha value is -1.12. The van der Waals surface area contributed by atoms with Gasteiger partial charge in [0.25, 0.3) is 0 Å². The van der Waals surface area contributed by atoms with E-state index in [0.717, 1.165) is 32.5 Å². The van der Waals surface area contributed by atoms with Gasteiger partial charge in [0.2, 0.25) is 10.0 Å². The Morgan fingerprint density at radius 1 is 1.45 bits per heavy atom. The van der Waals surface area contributed by atoms with E-state index in [-0.39, 0.29) is 16.8 Å². The number of nitrogen functional groups attached to an aromatic ring is 1. The first-order chi connectivity index (χ1) is 9.36. The number of hydrogen-bond donors (Lipinski definition) is 1. The van der Waals surface area contributed by atoms with Gasteiger partial charge in [0, 0.05) is 26.3 Å².